The fourth-order valence-corrected chi connectivity index (χ4v) is 2.86. The fraction of sp³-hybridized carbons (Fsp3) is 0.261. The second-order valence-corrected chi connectivity index (χ2v) is 6.80. The van der Waals surface area contributed by atoms with Crippen molar-refractivity contribution in [3.63, 3.8) is 0 Å². The lowest BCUT2D eigenvalue weighted by Gasteiger charge is -2.19. The van der Waals surface area contributed by atoms with E-state index in [0.717, 1.165) is 17.5 Å². The molecule has 1 N–H and O–H groups in total. The third-order valence-corrected chi connectivity index (χ3v) is 4.77. The van der Waals surface area contributed by atoms with E-state index in [9.17, 15) is 4.79 Å². The average molecular weight is 391 g/mol. The van der Waals surface area contributed by atoms with Crippen molar-refractivity contribution in [2.24, 2.45) is 5.92 Å². The molecule has 0 fully saturated rings. The van der Waals surface area contributed by atoms with Gasteiger partial charge < -0.3 is 14.6 Å². The minimum absolute atomic E-state index is 0.127. The Bertz CT molecular complexity index is 966. The molecule has 2 aromatic carbocycles. The lowest BCUT2D eigenvalue weighted by molar-refractivity contribution is -0.117. The Balaban J connectivity index is 1.77. The zero-order chi connectivity index (χ0) is 20.6. The molecule has 2 atom stereocenters. The predicted octanol–water partition coefficient (Wildman–Crippen LogP) is 4.66. The van der Waals surface area contributed by atoms with E-state index in [2.05, 4.69) is 22.4 Å². The number of benzene rings is 2. The van der Waals surface area contributed by atoms with Gasteiger partial charge in [0.05, 0.1) is 7.11 Å². The van der Waals surface area contributed by atoms with Crippen molar-refractivity contribution in [1.82, 2.24) is 15.5 Å². The molecule has 6 nitrogen and oxygen atoms in total. The molecule has 150 valence electrons. The van der Waals surface area contributed by atoms with Crippen molar-refractivity contribution in [2.45, 2.75) is 26.3 Å². The van der Waals surface area contributed by atoms with Crippen molar-refractivity contribution in [1.29, 1.82) is 0 Å². The number of rotatable bonds is 8. The number of ether oxygens (including phenoxy) is 1. The van der Waals surface area contributed by atoms with Crippen LogP contribution in [0.1, 0.15) is 37.8 Å². The molecule has 29 heavy (non-hydrogen) atoms. The van der Waals surface area contributed by atoms with E-state index >= 15 is 0 Å². The van der Waals surface area contributed by atoms with Crippen molar-refractivity contribution in [3.8, 4) is 17.1 Å². The molecule has 6 heteroatoms. The third kappa shape index (κ3) is 5.31. The van der Waals surface area contributed by atoms with Crippen LogP contribution in [0.5, 0.6) is 5.75 Å². The van der Waals surface area contributed by atoms with Gasteiger partial charge in [-0.05, 0) is 29.7 Å². The number of hydrogen-bond acceptors (Lipinski definition) is 5. The second-order valence-electron chi connectivity index (χ2n) is 6.80. The molecular weight excluding hydrogens is 366 g/mol. The summed E-state index contributed by atoms with van der Waals surface area (Å²) in [6.07, 6.45) is 4.15. The second kappa shape index (κ2) is 9.68. The molecule has 0 aliphatic heterocycles. The van der Waals surface area contributed by atoms with Crippen LogP contribution in [0.3, 0.4) is 0 Å². The summed E-state index contributed by atoms with van der Waals surface area (Å²) in [5.74, 6) is 1.48. The zero-order valence-electron chi connectivity index (χ0n) is 16.8. The summed E-state index contributed by atoms with van der Waals surface area (Å²) in [6, 6.07) is 16.7. The molecule has 3 aromatic rings. The van der Waals surface area contributed by atoms with Gasteiger partial charge in [0.1, 0.15) is 11.8 Å². The number of amides is 1. The maximum atomic E-state index is 12.5. The smallest absolute Gasteiger partial charge is 0.249 e. The lowest BCUT2D eigenvalue weighted by atomic mass is 9.99. The van der Waals surface area contributed by atoms with Gasteiger partial charge in [0.25, 0.3) is 0 Å². The largest absolute Gasteiger partial charge is 0.497 e. The fourth-order valence-electron chi connectivity index (χ4n) is 2.86. The van der Waals surface area contributed by atoms with Crippen LogP contribution in [0.15, 0.2) is 65.2 Å². The highest BCUT2D eigenvalue weighted by atomic mass is 16.5. The van der Waals surface area contributed by atoms with E-state index in [1.54, 1.807) is 13.2 Å². The van der Waals surface area contributed by atoms with Crippen LogP contribution in [-0.4, -0.2) is 23.2 Å². The number of aromatic nitrogens is 2. The van der Waals surface area contributed by atoms with Gasteiger partial charge in [-0.15, -0.1) is 0 Å². The molecule has 0 radical (unpaired) electrons. The Morgan fingerprint density at radius 1 is 1.21 bits per heavy atom. The minimum Gasteiger partial charge on any atom is -0.497 e. The van der Waals surface area contributed by atoms with Crippen LogP contribution >= 0.6 is 0 Å². The number of hydrogen-bond donors (Lipinski definition) is 1. The molecule has 1 heterocycles. The standard InChI is InChI=1S/C23H25N3O3/c1-4-16(2)21(24-20(27)14-13-17-9-6-5-7-10-17)23-25-22(26-29-23)18-11-8-12-19(15-18)28-3/h5-16,21H,4H2,1-3H3,(H,24,27)/b14-13+. The van der Waals surface area contributed by atoms with E-state index in [-0.39, 0.29) is 17.9 Å². The molecule has 0 saturated carbocycles. The van der Waals surface area contributed by atoms with Crippen molar-refractivity contribution in [2.75, 3.05) is 7.11 Å². The summed E-state index contributed by atoms with van der Waals surface area (Å²) >= 11 is 0. The summed E-state index contributed by atoms with van der Waals surface area (Å²) in [4.78, 5) is 17.0. The maximum absolute atomic E-state index is 12.5. The Labute approximate surface area is 170 Å². The van der Waals surface area contributed by atoms with E-state index in [1.165, 1.54) is 6.08 Å². The zero-order valence-corrected chi connectivity index (χ0v) is 16.8. The normalized spacial score (nSPS) is 13.2. The molecular formula is C23H25N3O3. The van der Waals surface area contributed by atoms with Gasteiger partial charge in [0.2, 0.25) is 17.6 Å². The summed E-state index contributed by atoms with van der Waals surface area (Å²) < 4.78 is 10.8. The van der Waals surface area contributed by atoms with Crippen LogP contribution in [0.25, 0.3) is 17.5 Å². The molecule has 0 spiro atoms. The summed E-state index contributed by atoms with van der Waals surface area (Å²) in [7, 11) is 1.61. The SMILES string of the molecule is CCC(C)C(NC(=O)/C=C/c1ccccc1)c1nc(-c2cccc(OC)c2)no1. The van der Waals surface area contributed by atoms with E-state index in [1.807, 2.05) is 61.5 Å². The van der Waals surface area contributed by atoms with Gasteiger partial charge >= 0.3 is 0 Å². The first-order valence-electron chi connectivity index (χ1n) is 9.62. The summed E-state index contributed by atoms with van der Waals surface area (Å²) in [6.45, 7) is 4.10. The number of carbonyl (C=O) groups excluding carboxylic acids is 1. The summed E-state index contributed by atoms with van der Waals surface area (Å²) in [5.41, 5.74) is 1.75. The predicted molar refractivity (Wildman–Crippen MR) is 112 cm³/mol. The van der Waals surface area contributed by atoms with E-state index < -0.39 is 0 Å². The Morgan fingerprint density at radius 2 is 2.00 bits per heavy atom. The van der Waals surface area contributed by atoms with Crippen molar-refractivity contribution < 1.29 is 14.1 Å². The quantitative estimate of drug-likeness (QED) is 0.565. The van der Waals surface area contributed by atoms with Crippen LogP contribution in [-0.2, 0) is 4.79 Å². The van der Waals surface area contributed by atoms with Crippen LogP contribution in [0, 0.1) is 5.92 Å². The molecule has 2 unspecified atom stereocenters. The maximum Gasteiger partial charge on any atom is 0.249 e. The van der Waals surface area contributed by atoms with Gasteiger partial charge in [0, 0.05) is 11.6 Å². The first kappa shape index (κ1) is 20.3. The first-order chi connectivity index (χ1) is 14.1. The van der Waals surface area contributed by atoms with Gasteiger partial charge in [-0.3, -0.25) is 4.79 Å². The van der Waals surface area contributed by atoms with Gasteiger partial charge in [-0.25, -0.2) is 0 Å². The molecule has 0 aliphatic carbocycles. The molecule has 0 saturated heterocycles. The number of nitrogens with one attached hydrogen (secondary N) is 1. The van der Waals surface area contributed by atoms with Crippen LogP contribution in [0.4, 0.5) is 0 Å². The Morgan fingerprint density at radius 3 is 2.72 bits per heavy atom. The number of carbonyl (C=O) groups is 1. The van der Waals surface area contributed by atoms with Crippen molar-refractivity contribution in [3.05, 3.63) is 72.1 Å². The minimum atomic E-state index is -0.375. The topological polar surface area (TPSA) is 77.2 Å². The summed E-state index contributed by atoms with van der Waals surface area (Å²) in [5, 5.41) is 7.08. The highest BCUT2D eigenvalue weighted by molar-refractivity contribution is 5.91. The Kier molecular flexibility index (Phi) is 6.79. The monoisotopic (exact) mass is 391 g/mol. The highest BCUT2D eigenvalue weighted by Gasteiger charge is 2.26. The van der Waals surface area contributed by atoms with E-state index in [0.29, 0.717) is 17.5 Å². The van der Waals surface area contributed by atoms with Crippen LogP contribution < -0.4 is 10.1 Å². The third-order valence-electron chi connectivity index (χ3n) is 4.77. The van der Waals surface area contributed by atoms with Gasteiger partial charge in [-0.2, -0.15) is 4.98 Å². The highest BCUT2D eigenvalue weighted by Crippen LogP contribution is 2.27. The van der Waals surface area contributed by atoms with Gasteiger partial charge in [-0.1, -0.05) is 67.9 Å². The average Bonchev–Trinajstić information content (AvgIpc) is 3.26. The van der Waals surface area contributed by atoms with Gasteiger partial charge in [0.15, 0.2) is 0 Å². The van der Waals surface area contributed by atoms with Crippen LogP contribution in [0.2, 0.25) is 0 Å². The van der Waals surface area contributed by atoms with Crippen molar-refractivity contribution >= 4 is 12.0 Å². The molecule has 1 aromatic heterocycles. The molecule has 0 bridgehead atoms. The molecule has 1 amide bonds. The first-order valence-corrected chi connectivity index (χ1v) is 9.62. The molecule has 3 rings (SSSR count). The lowest BCUT2D eigenvalue weighted by Crippen LogP contribution is -2.31. The number of nitrogens with zero attached hydrogens (tertiary/aromatic N) is 2. The van der Waals surface area contributed by atoms with E-state index in [4.69, 9.17) is 9.26 Å². The Hall–Kier alpha value is -3.41. The molecule has 0 aliphatic rings. The number of methoxy groups -OCH3 is 1.